The predicted molar refractivity (Wildman–Crippen MR) is 131 cm³/mol. The van der Waals surface area contributed by atoms with Gasteiger partial charge in [-0.3, -0.25) is 4.90 Å². The van der Waals surface area contributed by atoms with Gasteiger partial charge in [-0.25, -0.2) is 13.1 Å². The molecule has 0 aliphatic carbocycles. The fourth-order valence-electron chi connectivity index (χ4n) is 3.74. The molecule has 0 fully saturated rings. The van der Waals surface area contributed by atoms with Crippen molar-refractivity contribution in [3.63, 3.8) is 0 Å². The quantitative estimate of drug-likeness (QED) is 0.451. The molecule has 32 heavy (non-hydrogen) atoms. The Bertz CT molecular complexity index is 1020. The Morgan fingerprint density at radius 1 is 0.969 bits per heavy atom. The van der Waals surface area contributed by atoms with E-state index in [9.17, 15) is 8.42 Å². The Hall–Kier alpha value is -1.52. The lowest BCUT2D eigenvalue weighted by molar-refractivity contribution is 0.248. The van der Waals surface area contributed by atoms with E-state index in [1.54, 1.807) is 32.4 Å². The number of methoxy groups -OCH3 is 3. The largest absolute Gasteiger partial charge is 0.495 e. The minimum atomic E-state index is -3.61. The standard InChI is InChI=1S/C22H29BrN2O5S.ClH/c1-28-19-12-16-8-11-25(15-17(16)13-20(19)29-2)10-5-4-9-24-31(26,27)22-7-6-18(23)14-21(22)30-3;/h6-7,12-14,24H,4-5,8-11,15H2,1-3H3;1H. The van der Waals surface area contributed by atoms with Crippen LogP contribution in [0.15, 0.2) is 39.7 Å². The molecule has 0 bridgehead atoms. The van der Waals surface area contributed by atoms with Crippen LogP contribution in [0, 0.1) is 0 Å². The smallest absolute Gasteiger partial charge is 0.244 e. The number of unbranched alkanes of at least 4 members (excludes halogenated alkanes) is 1. The van der Waals surface area contributed by atoms with Crippen molar-refractivity contribution in [1.29, 1.82) is 0 Å². The molecule has 0 saturated heterocycles. The third kappa shape index (κ3) is 6.51. The molecule has 2 aromatic carbocycles. The van der Waals surface area contributed by atoms with Crippen molar-refractivity contribution >= 4 is 38.4 Å². The monoisotopic (exact) mass is 548 g/mol. The number of fused-ring (bicyclic) bond motifs is 1. The van der Waals surface area contributed by atoms with Crippen LogP contribution in [0.4, 0.5) is 0 Å². The zero-order valence-corrected chi connectivity index (χ0v) is 21.7. The van der Waals surface area contributed by atoms with E-state index in [2.05, 4.69) is 37.7 Å². The lowest BCUT2D eigenvalue weighted by atomic mass is 9.98. The molecule has 0 amide bonds. The van der Waals surface area contributed by atoms with Crippen molar-refractivity contribution in [2.75, 3.05) is 41.0 Å². The van der Waals surface area contributed by atoms with Gasteiger partial charge >= 0.3 is 0 Å². The first kappa shape index (κ1) is 26.7. The van der Waals surface area contributed by atoms with Gasteiger partial charge in [0.1, 0.15) is 10.6 Å². The first-order valence-electron chi connectivity index (χ1n) is 10.2. The molecule has 10 heteroatoms. The van der Waals surface area contributed by atoms with Crippen molar-refractivity contribution in [1.82, 2.24) is 9.62 Å². The van der Waals surface area contributed by atoms with E-state index in [0.717, 1.165) is 54.9 Å². The maximum Gasteiger partial charge on any atom is 0.244 e. The van der Waals surface area contributed by atoms with Gasteiger partial charge in [0.2, 0.25) is 10.0 Å². The maximum absolute atomic E-state index is 12.6. The van der Waals surface area contributed by atoms with E-state index in [-0.39, 0.29) is 17.3 Å². The molecule has 1 aliphatic rings. The van der Waals surface area contributed by atoms with Crippen LogP contribution < -0.4 is 18.9 Å². The van der Waals surface area contributed by atoms with Crippen molar-refractivity contribution in [3.8, 4) is 17.2 Å². The molecular weight excluding hydrogens is 520 g/mol. The summed E-state index contributed by atoms with van der Waals surface area (Å²) in [4.78, 5) is 2.54. The summed E-state index contributed by atoms with van der Waals surface area (Å²) in [5, 5.41) is 0. The number of nitrogens with one attached hydrogen (secondary N) is 1. The van der Waals surface area contributed by atoms with Crippen LogP contribution in [0.2, 0.25) is 0 Å². The fourth-order valence-corrected chi connectivity index (χ4v) is 5.30. The molecular formula is C22H30BrClN2O5S. The zero-order valence-electron chi connectivity index (χ0n) is 18.5. The molecule has 1 aliphatic heterocycles. The number of rotatable bonds is 10. The summed E-state index contributed by atoms with van der Waals surface area (Å²) in [5.74, 6) is 1.84. The zero-order chi connectivity index (χ0) is 22.4. The molecule has 3 rings (SSSR count). The summed E-state index contributed by atoms with van der Waals surface area (Å²) >= 11 is 3.33. The van der Waals surface area contributed by atoms with Gasteiger partial charge < -0.3 is 14.2 Å². The average molecular weight is 550 g/mol. The van der Waals surface area contributed by atoms with Crippen molar-refractivity contribution in [3.05, 3.63) is 45.9 Å². The Kier molecular flexibility index (Phi) is 10.1. The third-order valence-electron chi connectivity index (χ3n) is 5.41. The number of nitrogens with zero attached hydrogens (tertiary/aromatic N) is 1. The van der Waals surface area contributed by atoms with E-state index in [4.69, 9.17) is 14.2 Å². The highest BCUT2D eigenvalue weighted by atomic mass is 79.9. The summed E-state index contributed by atoms with van der Waals surface area (Å²) in [5.41, 5.74) is 2.55. The van der Waals surface area contributed by atoms with E-state index in [1.165, 1.54) is 18.2 Å². The molecule has 0 radical (unpaired) electrons. The lowest BCUT2D eigenvalue weighted by Crippen LogP contribution is -2.32. The Morgan fingerprint density at radius 2 is 1.62 bits per heavy atom. The highest BCUT2D eigenvalue weighted by Crippen LogP contribution is 2.33. The minimum Gasteiger partial charge on any atom is -0.495 e. The van der Waals surface area contributed by atoms with E-state index in [1.807, 2.05) is 0 Å². The van der Waals surface area contributed by atoms with Gasteiger partial charge in [-0.05, 0) is 67.3 Å². The van der Waals surface area contributed by atoms with Crippen LogP contribution >= 0.6 is 28.3 Å². The van der Waals surface area contributed by atoms with Crippen LogP contribution in [0.3, 0.4) is 0 Å². The SMILES string of the molecule is COc1cc2c(cc1OC)CN(CCCCNS(=O)(=O)c1ccc(Br)cc1OC)CC2.Cl. The highest BCUT2D eigenvalue weighted by Gasteiger charge is 2.21. The van der Waals surface area contributed by atoms with E-state index >= 15 is 0 Å². The van der Waals surface area contributed by atoms with E-state index < -0.39 is 10.0 Å². The summed E-state index contributed by atoms with van der Waals surface area (Å²) in [6, 6.07) is 9.00. The van der Waals surface area contributed by atoms with Gasteiger partial charge in [0.15, 0.2) is 11.5 Å². The summed E-state index contributed by atoms with van der Waals surface area (Å²) in [6.07, 6.45) is 2.63. The van der Waals surface area contributed by atoms with E-state index in [0.29, 0.717) is 12.3 Å². The molecule has 2 aromatic rings. The van der Waals surface area contributed by atoms with Crippen molar-refractivity contribution < 1.29 is 22.6 Å². The van der Waals surface area contributed by atoms with Crippen LogP contribution in [0.25, 0.3) is 0 Å². The second-order valence-corrected chi connectivity index (χ2v) is 10.1. The molecule has 7 nitrogen and oxygen atoms in total. The average Bonchev–Trinajstić information content (AvgIpc) is 2.77. The van der Waals surface area contributed by atoms with Crippen LogP contribution in [-0.4, -0.2) is 54.3 Å². The number of hydrogen-bond acceptors (Lipinski definition) is 6. The first-order valence-corrected chi connectivity index (χ1v) is 12.4. The molecule has 0 atom stereocenters. The van der Waals surface area contributed by atoms with Crippen LogP contribution in [-0.2, 0) is 23.0 Å². The number of hydrogen-bond donors (Lipinski definition) is 1. The number of halogens is 2. The number of ether oxygens (including phenoxy) is 3. The molecule has 1 N–H and O–H groups in total. The molecule has 0 saturated carbocycles. The van der Waals surface area contributed by atoms with Gasteiger partial charge in [-0.1, -0.05) is 15.9 Å². The number of sulfonamides is 1. The highest BCUT2D eigenvalue weighted by molar-refractivity contribution is 9.10. The molecule has 0 spiro atoms. The van der Waals surface area contributed by atoms with Crippen molar-refractivity contribution in [2.24, 2.45) is 0 Å². The Balaban J connectivity index is 0.00000363. The van der Waals surface area contributed by atoms with Crippen molar-refractivity contribution in [2.45, 2.75) is 30.7 Å². The minimum absolute atomic E-state index is 0. The summed E-state index contributed by atoms with van der Waals surface area (Å²) in [6.45, 7) is 3.13. The maximum atomic E-state index is 12.6. The third-order valence-corrected chi connectivity index (χ3v) is 7.40. The van der Waals surface area contributed by atoms with Gasteiger partial charge in [-0.15, -0.1) is 12.4 Å². The normalized spacial score (nSPS) is 13.8. The van der Waals surface area contributed by atoms with Crippen LogP contribution in [0.5, 0.6) is 17.2 Å². The molecule has 0 unspecified atom stereocenters. The van der Waals surface area contributed by atoms with Gasteiger partial charge in [0, 0.05) is 24.1 Å². The Morgan fingerprint density at radius 3 is 2.28 bits per heavy atom. The fraction of sp³-hybridized carbons (Fsp3) is 0.455. The van der Waals surface area contributed by atoms with Crippen LogP contribution in [0.1, 0.15) is 24.0 Å². The van der Waals surface area contributed by atoms with Gasteiger partial charge in [0.25, 0.3) is 0 Å². The second-order valence-electron chi connectivity index (χ2n) is 7.40. The lowest BCUT2D eigenvalue weighted by Gasteiger charge is -2.29. The van der Waals surface area contributed by atoms with Gasteiger partial charge in [-0.2, -0.15) is 0 Å². The molecule has 178 valence electrons. The predicted octanol–water partition coefficient (Wildman–Crippen LogP) is 4.01. The molecule has 1 heterocycles. The first-order chi connectivity index (χ1) is 14.9. The van der Waals surface area contributed by atoms with Gasteiger partial charge in [0.05, 0.1) is 21.3 Å². The number of benzene rings is 2. The topological polar surface area (TPSA) is 77.1 Å². The summed E-state index contributed by atoms with van der Waals surface area (Å²) in [7, 11) is 1.15. The second kappa shape index (κ2) is 12.1. The Labute approximate surface area is 205 Å². The summed E-state index contributed by atoms with van der Waals surface area (Å²) < 4.78 is 44.7. The molecule has 0 aromatic heterocycles.